The first-order chi connectivity index (χ1) is 7.86. The second-order valence-corrected chi connectivity index (χ2v) is 4.05. The smallest absolute Gasteiger partial charge is 0.419 e. The van der Waals surface area contributed by atoms with Gasteiger partial charge in [0.25, 0.3) is 0 Å². The van der Waals surface area contributed by atoms with Gasteiger partial charge in [-0.3, -0.25) is 0 Å². The first-order valence-electron chi connectivity index (χ1n) is 5.46. The zero-order chi connectivity index (χ0) is 13.1. The van der Waals surface area contributed by atoms with E-state index < -0.39 is 17.5 Å². The number of unbranched alkanes of at least 4 members (excludes halogenated alkanes) is 1. The molecule has 0 bridgehead atoms. The van der Waals surface area contributed by atoms with Crippen molar-refractivity contribution < 1.29 is 18.3 Å². The number of aryl methyl sites for hydroxylation is 2. The molecule has 0 aromatic heterocycles. The van der Waals surface area contributed by atoms with Crippen LogP contribution in [0.1, 0.15) is 29.5 Å². The molecular formula is C12H16F3NO. The van der Waals surface area contributed by atoms with E-state index >= 15 is 0 Å². The molecule has 0 aliphatic carbocycles. The summed E-state index contributed by atoms with van der Waals surface area (Å²) in [5, 5.41) is 9.39. The number of alkyl halides is 3. The lowest BCUT2D eigenvalue weighted by molar-refractivity contribution is -0.138. The van der Waals surface area contributed by atoms with E-state index in [4.69, 9.17) is 5.73 Å². The molecule has 96 valence electrons. The zero-order valence-corrected chi connectivity index (χ0v) is 9.64. The minimum absolute atomic E-state index is 0.252. The highest BCUT2D eigenvalue weighted by Crippen LogP contribution is 2.38. The van der Waals surface area contributed by atoms with Crippen molar-refractivity contribution in [2.45, 2.75) is 32.4 Å². The highest BCUT2D eigenvalue weighted by molar-refractivity contribution is 5.44. The maximum atomic E-state index is 12.6. The van der Waals surface area contributed by atoms with E-state index in [1.165, 1.54) is 6.92 Å². The third kappa shape index (κ3) is 3.63. The average molecular weight is 247 g/mol. The lowest BCUT2D eigenvalue weighted by atomic mass is 10.0. The predicted molar refractivity (Wildman–Crippen MR) is 59.8 cm³/mol. The van der Waals surface area contributed by atoms with E-state index in [0.717, 1.165) is 18.9 Å². The van der Waals surface area contributed by atoms with Crippen LogP contribution in [0.3, 0.4) is 0 Å². The molecule has 3 N–H and O–H groups in total. The van der Waals surface area contributed by atoms with E-state index in [-0.39, 0.29) is 5.56 Å². The average Bonchev–Trinajstić information content (AvgIpc) is 2.21. The molecule has 0 fully saturated rings. The molecule has 2 nitrogen and oxygen atoms in total. The van der Waals surface area contributed by atoms with Crippen molar-refractivity contribution in [2.75, 3.05) is 6.54 Å². The Hall–Kier alpha value is -1.23. The van der Waals surface area contributed by atoms with Gasteiger partial charge in [-0.1, -0.05) is 6.07 Å². The van der Waals surface area contributed by atoms with Crippen molar-refractivity contribution in [1.29, 1.82) is 0 Å². The molecule has 0 aliphatic heterocycles. The van der Waals surface area contributed by atoms with Crippen molar-refractivity contribution in [3.05, 3.63) is 28.8 Å². The van der Waals surface area contributed by atoms with Gasteiger partial charge < -0.3 is 10.8 Å². The summed E-state index contributed by atoms with van der Waals surface area (Å²) < 4.78 is 37.9. The molecule has 5 heteroatoms. The minimum atomic E-state index is -4.52. The topological polar surface area (TPSA) is 46.2 Å². The Morgan fingerprint density at radius 3 is 2.41 bits per heavy atom. The summed E-state index contributed by atoms with van der Waals surface area (Å²) in [7, 11) is 0. The molecule has 0 spiro atoms. The quantitative estimate of drug-likeness (QED) is 0.803. The summed E-state index contributed by atoms with van der Waals surface area (Å²) in [4.78, 5) is 0. The molecule has 0 radical (unpaired) electrons. The van der Waals surface area contributed by atoms with E-state index in [9.17, 15) is 18.3 Å². The fraction of sp³-hybridized carbons (Fsp3) is 0.500. The second-order valence-electron chi connectivity index (χ2n) is 4.05. The summed E-state index contributed by atoms with van der Waals surface area (Å²) in [6, 6.07) is 2.60. The molecule has 0 amide bonds. The van der Waals surface area contributed by atoms with Gasteiger partial charge in [-0.2, -0.15) is 13.2 Å². The molecule has 1 aromatic rings. The fourth-order valence-electron chi connectivity index (χ4n) is 1.69. The number of hydrogen-bond acceptors (Lipinski definition) is 2. The molecular weight excluding hydrogens is 231 g/mol. The highest BCUT2D eigenvalue weighted by Gasteiger charge is 2.34. The first-order valence-corrected chi connectivity index (χ1v) is 5.46. The van der Waals surface area contributed by atoms with Crippen LogP contribution in [0.5, 0.6) is 5.75 Å². The number of benzene rings is 1. The van der Waals surface area contributed by atoms with Crippen LogP contribution >= 0.6 is 0 Å². The predicted octanol–water partition coefficient (Wildman–Crippen LogP) is 3.00. The molecule has 0 saturated heterocycles. The molecule has 0 aliphatic rings. The van der Waals surface area contributed by atoms with Crippen molar-refractivity contribution in [1.82, 2.24) is 0 Å². The molecule has 0 unspecified atom stereocenters. The summed E-state index contributed by atoms with van der Waals surface area (Å²) in [6.07, 6.45) is -2.45. The third-order valence-electron chi connectivity index (χ3n) is 2.59. The van der Waals surface area contributed by atoms with Crippen molar-refractivity contribution in [3.8, 4) is 5.75 Å². The normalized spacial score (nSPS) is 11.8. The number of rotatable bonds is 4. The van der Waals surface area contributed by atoms with Gasteiger partial charge >= 0.3 is 6.18 Å². The Morgan fingerprint density at radius 2 is 1.88 bits per heavy atom. The van der Waals surface area contributed by atoms with Gasteiger partial charge in [0.2, 0.25) is 0 Å². The Kier molecular flexibility index (Phi) is 4.40. The maximum absolute atomic E-state index is 12.6. The van der Waals surface area contributed by atoms with Gasteiger partial charge in [-0.25, -0.2) is 0 Å². The molecule has 1 aromatic carbocycles. The maximum Gasteiger partial charge on any atom is 0.419 e. The zero-order valence-electron chi connectivity index (χ0n) is 9.64. The van der Waals surface area contributed by atoms with Crippen LogP contribution in [0.2, 0.25) is 0 Å². The Morgan fingerprint density at radius 1 is 1.24 bits per heavy atom. The molecule has 0 atom stereocenters. The van der Waals surface area contributed by atoms with Crippen LogP contribution in [-0.2, 0) is 12.6 Å². The van der Waals surface area contributed by atoms with E-state index in [1.54, 1.807) is 6.07 Å². The lowest BCUT2D eigenvalue weighted by Crippen LogP contribution is -2.07. The van der Waals surface area contributed by atoms with Crippen molar-refractivity contribution in [3.63, 3.8) is 0 Å². The Balaban J connectivity index is 2.98. The summed E-state index contributed by atoms with van der Waals surface area (Å²) in [5.41, 5.74) is 5.20. The number of aromatic hydroxyl groups is 1. The summed E-state index contributed by atoms with van der Waals surface area (Å²) in [6.45, 7) is 2.00. The van der Waals surface area contributed by atoms with E-state index in [2.05, 4.69) is 0 Å². The van der Waals surface area contributed by atoms with E-state index in [0.29, 0.717) is 18.5 Å². The highest BCUT2D eigenvalue weighted by atomic mass is 19.4. The molecule has 0 saturated carbocycles. The molecule has 17 heavy (non-hydrogen) atoms. The number of nitrogens with two attached hydrogens (primary N) is 1. The Bertz CT molecular complexity index is 388. The minimum Gasteiger partial charge on any atom is -0.507 e. The van der Waals surface area contributed by atoms with Gasteiger partial charge in [0.1, 0.15) is 5.75 Å². The van der Waals surface area contributed by atoms with Crippen LogP contribution in [-0.4, -0.2) is 11.7 Å². The Labute approximate surface area is 98.3 Å². The SMILES string of the molecule is Cc1cc(CCCCN)cc(C(F)(F)F)c1O. The second kappa shape index (κ2) is 5.40. The van der Waals surface area contributed by atoms with Crippen LogP contribution in [0.15, 0.2) is 12.1 Å². The van der Waals surface area contributed by atoms with Crippen molar-refractivity contribution >= 4 is 0 Å². The first kappa shape index (κ1) is 13.8. The van der Waals surface area contributed by atoms with Crippen LogP contribution < -0.4 is 5.73 Å². The number of hydrogen-bond donors (Lipinski definition) is 2. The van der Waals surface area contributed by atoms with Crippen LogP contribution in [0.25, 0.3) is 0 Å². The van der Waals surface area contributed by atoms with Gasteiger partial charge in [-0.15, -0.1) is 0 Å². The van der Waals surface area contributed by atoms with Gasteiger partial charge in [-0.05, 0) is 49.9 Å². The van der Waals surface area contributed by atoms with Crippen molar-refractivity contribution in [2.24, 2.45) is 5.73 Å². The lowest BCUT2D eigenvalue weighted by Gasteiger charge is -2.13. The van der Waals surface area contributed by atoms with Gasteiger partial charge in [0.05, 0.1) is 5.56 Å². The van der Waals surface area contributed by atoms with Gasteiger partial charge in [0.15, 0.2) is 0 Å². The molecule has 0 heterocycles. The monoisotopic (exact) mass is 247 g/mol. The fourth-order valence-corrected chi connectivity index (χ4v) is 1.69. The summed E-state index contributed by atoms with van der Waals surface area (Å²) in [5.74, 6) is -0.680. The summed E-state index contributed by atoms with van der Waals surface area (Å²) >= 11 is 0. The third-order valence-corrected chi connectivity index (χ3v) is 2.59. The largest absolute Gasteiger partial charge is 0.507 e. The standard InChI is InChI=1S/C12H16F3NO/c1-8-6-9(4-2-3-5-16)7-10(11(8)17)12(13,14)15/h6-7,17H,2-5,16H2,1H3. The van der Waals surface area contributed by atoms with E-state index in [1.807, 2.05) is 0 Å². The number of halogens is 3. The molecule has 1 rings (SSSR count). The number of phenolic OH excluding ortho intramolecular Hbond substituents is 1. The van der Waals surface area contributed by atoms with Gasteiger partial charge in [0, 0.05) is 0 Å². The van der Waals surface area contributed by atoms with Crippen LogP contribution in [0, 0.1) is 6.92 Å². The van der Waals surface area contributed by atoms with Crippen LogP contribution in [0.4, 0.5) is 13.2 Å². The number of phenols is 1.